The van der Waals surface area contributed by atoms with Gasteiger partial charge < -0.3 is 4.43 Å². The molecule has 0 saturated heterocycles. The summed E-state index contributed by atoms with van der Waals surface area (Å²) in [4.78, 5) is 12.1. The van der Waals surface area contributed by atoms with Crippen molar-refractivity contribution in [1.82, 2.24) is 10.3 Å². The quantitative estimate of drug-likeness (QED) is 0.137. The Morgan fingerprint density at radius 2 is 1.64 bits per heavy atom. The molecule has 0 bridgehead atoms. The standard InChI is InChI=1S/C34H33F2N3O2S2Si/c1-33(2,3)27-16-10-11-17-29(27)44-41-21-20-34(24-14-8-5-9-15-24)39(32(42)37-30(40)23-12-6-4-7-13-23)38-31(43-34)26-22-25(35)18-19-28(26)36/h4-19,22H,20-21,44H2,1-3H3,(H,37,40,42). The maximum atomic E-state index is 15.1. The number of halogens is 2. The fraction of sp³-hybridized carbons (Fsp3) is 0.206. The van der Waals surface area contributed by atoms with E-state index in [1.807, 2.05) is 48.5 Å². The zero-order valence-electron chi connectivity index (χ0n) is 24.7. The van der Waals surface area contributed by atoms with Gasteiger partial charge in [-0.3, -0.25) is 10.1 Å². The first-order valence-electron chi connectivity index (χ1n) is 14.2. The second-order valence-electron chi connectivity index (χ2n) is 11.4. The molecule has 0 aromatic heterocycles. The van der Waals surface area contributed by atoms with Crippen LogP contribution in [0.5, 0.6) is 0 Å². The molecule has 4 aromatic rings. The van der Waals surface area contributed by atoms with Gasteiger partial charge in [0.2, 0.25) is 0 Å². The third-order valence-corrected chi connectivity index (χ3v) is 10.4. The van der Waals surface area contributed by atoms with Crippen LogP contribution in [0.1, 0.15) is 54.2 Å². The van der Waals surface area contributed by atoms with Crippen molar-refractivity contribution in [2.24, 2.45) is 5.10 Å². The number of benzene rings is 4. The molecule has 5 nitrogen and oxygen atoms in total. The van der Waals surface area contributed by atoms with Gasteiger partial charge in [-0.2, -0.15) is 5.10 Å². The SMILES string of the molecule is CC(C)(C)c1ccccc1[SiH2]OCCC1(c2ccccc2)SC(c2cc(F)ccc2F)=NN1C(=S)NC(=O)c1ccccc1. The molecule has 1 aliphatic heterocycles. The smallest absolute Gasteiger partial charge is 0.257 e. The number of hydrazone groups is 1. The van der Waals surface area contributed by atoms with Crippen LogP contribution < -0.4 is 10.5 Å². The molecule has 44 heavy (non-hydrogen) atoms. The summed E-state index contributed by atoms with van der Waals surface area (Å²) < 4.78 is 35.8. The summed E-state index contributed by atoms with van der Waals surface area (Å²) in [7, 11) is -1.11. The Morgan fingerprint density at radius 3 is 2.34 bits per heavy atom. The van der Waals surface area contributed by atoms with Crippen molar-refractivity contribution >= 4 is 55.0 Å². The number of hydrogen-bond acceptors (Lipinski definition) is 5. The van der Waals surface area contributed by atoms with Crippen LogP contribution >= 0.6 is 24.0 Å². The van der Waals surface area contributed by atoms with Gasteiger partial charge in [0.05, 0.1) is 0 Å². The molecule has 226 valence electrons. The summed E-state index contributed by atoms with van der Waals surface area (Å²) in [6, 6.07) is 29.9. The number of carbonyl (C=O) groups excluding carboxylic acids is 1. The van der Waals surface area contributed by atoms with Gasteiger partial charge in [0.1, 0.15) is 21.5 Å². The van der Waals surface area contributed by atoms with Gasteiger partial charge in [-0.05, 0) is 64.3 Å². The van der Waals surface area contributed by atoms with Crippen molar-refractivity contribution in [2.75, 3.05) is 6.61 Å². The van der Waals surface area contributed by atoms with Gasteiger partial charge in [0.15, 0.2) is 14.9 Å². The molecule has 1 heterocycles. The van der Waals surface area contributed by atoms with Gasteiger partial charge in [0, 0.05) is 24.2 Å². The summed E-state index contributed by atoms with van der Waals surface area (Å²) in [5.41, 5.74) is 2.52. The lowest BCUT2D eigenvalue weighted by molar-refractivity contribution is 0.0970. The molecule has 5 rings (SSSR count). The van der Waals surface area contributed by atoms with E-state index in [9.17, 15) is 9.18 Å². The maximum Gasteiger partial charge on any atom is 0.257 e. The average molecular weight is 646 g/mol. The van der Waals surface area contributed by atoms with Crippen molar-refractivity contribution in [3.8, 4) is 0 Å². The largest absolute Gasteiger partial charge is 0.418 e. The zero-order chi connectivity index (χ0) is 31.3. The molecule has 1 amide bonds. The van der Waals surface area contributed by atoms with E-state index >= 15 is 4.39 Å². The van der Waals surface area contributed by atoms with E-state index < -0.39 is 32.2 Å². The molecule has 1 aliphatic rings. The summed E-state index contributed by atoms with van der Waals surface area (Å²) in [5, 5.41) is 10.6. The first-order valence-corrected chi connectivity index (χ1v) is 16.7. The van der Waals surface area contributed by atoms with Crippen molar-refractivity contribution in [2.45, 2.75) is 37.5 Å². The number of nitrogens with one attached hydrogen (secondary N) is 1. The number of thioether (sulfide) groups is 1. The van der Waals surface area contributed by atoms with Gasteiger partial charge in [-0.15, -0.1) is 0 Å². The minimum Gasteiger partial charge on any atom is -0.418 e. The average Bonchev–Trinajstić information content (AvgIpc) is 3.42. The van der Waals surface area contributed by atoms with Crippen molar-refractivity contribution < 1.29 is 18.0 Å². The maximum absolute atomic E-state index is 15.1. The van der Waals surface area contributed by atoms with E-state index in [-0.39, 0.29) is 21.1 Å². The van der Waals surface area contributed by atoms with Crippen molar-refractivity contribution in [1.29, 1.82) is 0 Å². The van der Waals surface area contributed by atoms with E-state index in [0.717, 1.165) is 23.8 Å². The highest BCUT2D eigenvalue weighted by molar-refractivity contribution is 8.15. The Morgan fingerprint density at radius 1 is 0.977 bits per heavy atom. The third-order valence-electron chi connectivity index (χ3n) is 7.30. The van der Waals surface area contributed by atoms with Crippen LogP contribution in [-0.4, -0.2) is 37.4 Å². The van der Waals surface area contributed by atoms with E-state index in [1.165, 1.54) is 27.5 Å². The predicted molar refractivity (Wildman–Crippen MR) is 181 cm³/mol. The minimum absolute atomic E-state index is 0.0166. The molecule has 0 fully saturated rings. The third kappa shape index (κ3) is 6.99. The highest BCUT2D eigenvalue weighted by atomic mass is 32.2. The van der Waals surface area contributed by atoms with Gasteiger partial charge in [-0.25, -0.2) is 13.8 Å². The second-order valence-corrected chi connectivity index (χ2v) is 14.5. The van der Waals surface area contributed by atoms with E-state index in [2.05, 4.69) is 38.2 Å². The van der Waals surface area contributed by atoms with E-state index in [4.69, 9.17) is 21.7 Å². The summed E-state index contributed by atoms with van der Waals surface area (Å²) in [5.74, 6) is -1.59. The topological polar surface area (TPSA) is 53.9 Å². The molecule has 1 N–H and O–H groups in total. The number of thiocarbonyl (C=S) groups is 1. The molecular weight excluding hydrogens is 613 g/mol. The van der Waals surface area contributed by atoms with Crippen molar-refractivity contribution in [3.05, 3.63) is 137 Å². The van der Waals surface area contributed by atoms with Crippen LogP contribution in [0.3, 0.4) is 0 Å². The molecule has 1 unspecified atom stereocenters. The predicted octanol–water partition coefficient (Wildman–Crippen LogP) is 6.36. The Balaban J connectivity index is 1.49. The normalized spacial score (nSPS) is 16.8. The molecule has 0 spiro atoms. The van der Waals surface area contributed by atoms with Gasteiger partial charge in [0.25, 0.3) is 5.91 Å². The fourth-order valence-electron chi connectivity index (χ4n) is 5.14. The first-order chi connectivity index (χ1) is 21.1. The molecule has 0 radical (unpaired) electrons. The number of nitrogens with zero attached hydrogens (tertiary/aromatic N) is 2. The molecule has 0 saturated carbocycles. The van der Waals surface area contributed by atoms with Gasteiger partial charge in [-0.1, -0.05) is 105 Å². The molecule has 10 heteroatoms. The zero-order valence-corrected chi connectivity index (χ0v) is 27.8. The van der Waals surface area contributed by atoms with E-state index in [1.54, 1.807) is 24.3 Å². The number of hydrogen-bond donors (Lipinski definition) is 1. The Hall–Kier alpha value is -3.70. The van der Waals surface area contributed by atoms with Crippen molar-refractivity contribution in [3.63, 3.8) is 0 Å². The van der Waals surface area contributed by atoms with Crippen LogP contribution in [0.4, 0.5) is 8.78 Å². The minimum atomic E-state index is -1.11. The first kappa shape index (κ1) is 31.7. The second kappa shape index (κ2) is 13.5. The van der Waals surface area contributed by atoms with E-state index in [0.29, 0.717) is 18.6 Å². The van der Waals surface area contributed by atoms with Crippen LogP contribution in [-0.2, 0) is 14.7 Å². The molecule has 0 aliphatic carbocycles. The summed E-state index contributed by atoms with van der Waals surface area (Å²) >= 11 is 7.05. The highest BCUT2D eigenvalue weighted by Crippen LogP contribution is 2.50. The molecule has 4 aromatic carbocycles. The van der Waals surface area contributed by atoms with Crippen LogP contribution in [0.25, 0.3) is 0 Å². The lowest BCUT2D eigenvalue weighted by atomic mass is 9.87. The highest BCUT2D eigenvalue weighted by Gasteiger charge is 2.48. The number of carbonyl (C=O) groups is 1. The Bertz CT molecular complexity index is 1680. The number of amides is 1. The molecular formula is C34H33F2N3O2S2Si. The lowest BCUT2D eigenvalue weighted by Crippen LogP contribution is -2.48. The monoisotopic (exact) mass is 645 g/mol. The summed E-state index contributed by atoms with van der Waals surface area (Å²) in [6.07, 6.45) is 0.400. The molecule has 1 atom stereocenters. The Kier molecular flexibility index (Phi) is 9.74. The number of rotatable bonds is 8. The van der Waals surface area contributed by atoms with Crippen LogP contribution in [0.2, 0.25) is 0 Å². The van der Waals surface area contributed by atoms with Crippen LogP contribution in [0.15, 0.2) is 108 Å². The Labute approximate surface area is 268 Å². The van der Waals surface area contributed by atoms with Gasteiger partial charge >= 0.3 is 0 Å². The fourth-order valence-corrected chi connectivity index (χ4v) is 8.40. The summed E-state index contributed by atoms with van der Waals surface area (Å²) in [6.45, 7) is 6.92. The van der Waals surface area contributed by atoms with Crippen LogP contribution in [0, 0.1) is 11.6 Å². The lowest BCUT2D eigenvalue weighted by Gasteiger charge is -2.37.